The Bertz CT molecular complexity index is 503. The standard InChI is InChI=1S/C19H28FNO.ClH/c1-19(2)15-6-3-14(17(19)11-15)12-21-10-9-18(22)13-4-7-16(20)8-5-13;/h4-5,7-8,14-15,17-18,21-22H,3,6,9-12H2,1-2H3;1H. The summed E-state index contributed by atoms with van der Waals surface area (Å²) in [7, 11) is 0. The fraction of sp³-hybridized carbons (Fsp3) is 0.684. The summed E-state index contributed by atoms with van der Waals surface area (Å²) < 4.78 is 12.9. The lowest BCUT2D eigenvalue weighted by atomic mass is 9.45. The van der Waals surface area contributed by atoms with Gasteiger partial charge in [-0.2, -0.15) is 0 Å². The number of rotatable bonds is 6. The molecular weight excluding hydrogens is 313 g/mol. The average molecular weight is 342 g/mol. The molecule has 2 N–H and O–H groups in total. The number of nitrogens with one attached hydrogen (secondary N) is 1. The topological polar surface area (TPSA) is 32.3 Å². The molecule has 0 amide bonds. The largest absolute Gasteiger partial charge is 0.388 e. The Morgan fingerprint density at radius 2 is 1.96 bits per heavy atom. The molecule has 1 aromatic carbocycles. The first-order chi connectivity index (χ1) is 10.5. The molecule has 1 aromatic rings. The van der Waals surface area contributed by atoms with E-state index in [1.54, 1.807) is 12.1 Å². The number of aliphatic hydroxyl groups is 1. The van der Waals surface area contributed by atoms with Crippen molar-refractivity contribution in [1.82, 2.24) is 5.32 Å². The van der Waals surface area contributed by atoms with Crippen LogP contribution in [0.5, 0.6) is 0 Å². The van der Waals surface area contributed by atoms with Gasteiger partial charge in [-0.3, -0.25) is 0 Å². The number of benzene rings is 1. The Kier molecular flexibility index (Phi) is 6.10. The van der Waals surface area contributed by atoms with Crippen molar-refractivity contribution >= 4 is 12.4 Å². The molecule has 0 aromatic heterocycles. The molecule has 3 aliphatic carbocycles. The van der Waals surface area contributed by atoms with Gasteiger partial charge in [-0.1, -0.05) is 26.0 Å². The zero-order valence-corrected chi connectivity index (χ0v) is 14.9. The summed E-state index contributed by atoms with van der Waals surface area (Å²) in [5.74, 6) is 2.37. The SMILES string of the molecule is CC1(C)C2CCC(CNCCC(O)c3ccc(F)cc3)C1C2.Cl. The van der Waals surface area contributed by atoms with E-state index in [-0.39, 0.29) is 18.2 Å². The van der Waals surface area contributed by atoms with Gasteiger partial charge in [-0.25, -0.2) is 4.39 Å². The van der Waals surface area contributed by atoms with Crippen LogP contribution in [-0.2, 0) is 0 Å². The third-order valence-electron chi connectivity index (χ3n) is 6.26. The highest BCUT2D eigenvalue weighted by Crippen LogP contribution is 2.61. The smallest absolute Gasteiger partial charge is 0.123 e. The second-order valence-electron chi connectivity index (χ2n) is 7.76. The molecule has 0 saturated heterocycles. The molecule has 2 bridgehead atoms. The van der Waals surface area contributed by atoms with Crippen molar-refractivity contribution in [2.45, 2.75) is 45.6 Å². The molecule has 0 heterocycles. The summed E-state index contributed by atoms with van der Waals surface area (Å²) in [5, 5.41) is 13.7. The monoisotopic (exact) mass is 341 g/mol. The number of hydrogen-bond acceptors (Lipinski definition) is 2. The first-order valence-electron chi connectivity index (χ1n) is 8.62. The average Bonchev–Trinajstić information content (AvgIpc) is 2.52. The van der Waals surface area contributed by atoms with E-state index in [2.05, 4.69) is 19.2 Å². The van der Waals surface area contributed by atoms with Crippen LogP contribution >= 0.6 is 12.4 Å². The minimum Gasteiger partial charge on any atom is -0.388 e. The highest BCUT2D eigenvalue weighted by atomic mass is 35.5. The van der Waals surface area contributed by atoms with Crippen molar-refractivity contribution in [1.29, 1.82) is 0 Å². The lowest BCUT2D eigenvalue weighted by Gasteiger charge is -2.60. The van der Waals surface area contributed by atoms with Gasteiger partial charge in [0.2, 0.25) is 0 Å². The van der Waals surface area contributed by atoms with E-state index in [0.29, 0.717) is 11.8 Å². The fourth-order valence-electron chi connectivity index (χ4n) is 4.58. The van der Waals surface area contributed by atoms with Crippen LogP contribution in [0, 0.1) is 29.0 Å². The quantitative estimate of drug-likeness (QED) is 0.755. The molecule has 130 valence electrons. The van der Waals surface area contributed by atoms with Gasteiger partial charge < -0.3 is 10.4 Å². The van der Waals surface area contributed by atoms with Crippen LogP contribution in [0.1, 0.15) is 51.2 Å². The minimum atomic E-state index is -0.510. The maximum atomic E-state index is 12.9. The van der Waals surface area contributed by atoms with E-state index in [1.165, 1.54) is 31.4 Å². The number of fused-ring (bicyclic) bond motifs is 2. The summed E-state index contributed by atoms with van der Waals surface area (Å²) >= 11 is 0. The Morgan fingerprint density at radius 3 is 2.57 bits per heavy atom. The van der Waals surface area contributed by atoms with E-state index in [0.717, 1.165) is 36.4 Å². The zero-order valence-electron chi connectivity index (χ0n) is 14.1. The van der Waals surface area contributed by atoms with Crippen molar-refractivity contribution in [3.05, 3.63) is 35.6 Å². The lowest BCUT2D eigenvalue weighted by molar-refractivity contribution is -0.103. The van der Waals surface area contributed by atoms with Crippen LogP contribution in [0.2, 0.25) is 0 Å². The Labute approximate surface area is 145 Å². The molecule has 3 saturated carbocycles. The minimum absolute atomic E-state index is 0. The van der Waals surface area contributed by atoms with Gasteiger partial charge in [0, 0.05) is 0 Å². The third-order valence-corrected chi connectivity index (χ3v) is 6.26. The summed E-state index contributed by atoms with van der Waals surface area (Å²) in [6.07, 6.45) is 4.32. The van der Waals surface area contributed by atoms with Crippen LogP contribution < -0.4 is 5.32 Å². The first-order valence-corrected chi connectivity index (χ1v) is 8.62. The summed E-state index contributed by atoms with van der Waals surface area (Å²) in [5.41, 5.74) is 1.34. The summed E-state index contributed by atoms with van der Waals surface area (Å²) in [6.45, 7) is 6.73. The van der Waals surface area contributed by atoms with Crippen LogP contribution in [0.4, 0.5) is 4.39 Å². The molecule has 4 heteroatoms. The Hall–Kier alpha value is -0.640. The number of halogens is 2. The molecule has 3 fully saturated rings. The zero-order chi connectivity index (χ0) is 15.7. The van der Waals surface area contributed by atoms with Crippen molar-refractivity contribution in [2.24, 2.45) is 23.2 Å². The number of aliphatic hydroxyl groups excluding tert-OH is 1. The van der Waals surface area contributed by atoms with Gasteiger partial charge in [-0.15, -0.1) is 12.4 Å². The molecule has 0 radical (unpaired) electrons. The number of hydrogen-bond donors (Lipinski definition) is 2. The summed E-state index contributed by atoms with van der Waals surface area (Å²) in [4.78, 5) is 0. The van der Waals surface area contributed by atoms with Crippen LogP contribution in [0.25, 0.3) is 0 Å². The second-order valence-corrected chi connectivity index (χ2v) is 7.76. The third kappa shape index (κ3) is 3.89. The van der Waals surface area contributed by atoms with E-state index in [1.807, 2.05) is 0 Å². The lowest BCUT2D eigenvalue weighted by Crippen LogP contribution is -2.54. The van der Waals surface area contributed by atoms with Crippen molar-refractivity contribution < 1.29 is 9.50 Å². The molecule has 23 heavy (non-hydrogen) atoms. The predicted molar refractivity (Wildman–Crippen MR) is 94.2 cm³/mol. The molecule has 0 spiro atoms. The van der Waals surface area contributed by atoms with Gasteiger partial charge in [0.1, 0.15) is 5.82 Å². The van der Waals surface area contributed by atoms with Crippen molar-refractivity contribution in [2.75, 3.05) is 13.1 Å². The van der Waals surface area contributed by atoms with Crippen LogP contribution in [0.3, 0.4) is 0 Å². The maximum Gasteiger partial charge on any atom is 0.123 e. The molecule has 3 aliphatic rings. The molecule has 0 aliphatic heterocycles. The van der Waals surface area contributed by atoms with E-state index >= 15 is 0 Å². The second kappa shape index (κ2) is 7.50. The van der Waals surface area contributed by atoms with Gasteiger partial charge in [0.05, 0.1) is 6.10 Å². The van der Waals surface area contributed by atoms with Crippen molar-refractivity contribution in [3.63, 3.8) is 0 Å². The fourth-order valence-corrected chi connectivity index (χ4v) is 4.58. The van der Waals surface area contributed by atoms with Gasteiger partial charge in [0.25, 0.3) is 0 Å². The highest BCUT2D eigenvalue weighted by Gasteiger charge is 2.53. The molecule has 4 unspecified atom stereocenters. The molecule has 2 nitrogen and oxygen atoms in total. The molecule has 4 atom stereocenters. The highest BCUT2D eigenvalue weighted by molar-refractivity contribution is 5.85. The maximum absolute atomic E-state index is 12.9. The molecular formula is C19H29ClFNO. The van der Waals surface area contributed by atoms with Crippen LogP contribution in [0.15, 0.2) is 24.3 Å². The normalized spacial score (nSPS) is 29.3. The first kappa shape index (κ1) is 18.7. The van der Waals surface area contributed by atoms with Gasteiger partial charge in [-0.05, 0) is 79.6 Å². The summed E-state index contributed by atoms with van der Waals surface area (Å²) in [6, 6.07) is 6.14. The molecule has 4 rings (SSSR count). The van der Waals surface area contributed by atoms with E-state index < -0.39 is 6.10 Å². The van der Waals surface area contributed by atoms with E-state index in [4.69, 9.17) is 0 Å². The van der Waals surface area contributed by atoms with Gasteiger partial charge >= 0.3 is 0 Å². The van der Waals surface area contributed by atoms with Crippen molar-refractivity contribution in [3.8, 4) is 0 Å². The van der Waals surface area contributed by atoms with Gasteiger partial charge in [0.15, 0.2) is 0 Å². The predicted octanol–water partition coefficient (Wildman–Crippen LogP) is 4.33. The Morgan fingerprint density at radius 1 is 1.26 bits per heavy atom. The van der Waals surface area contributed by atoms with Crippen LogP contribution in [-0.4, -0.2) is 18.2 Å². The van der Waals surface area contributed by atoms with E-state index in [9.17, 15) is 9.50 Å². The Balaban J connectivity index is 0.00000192.